The van der Waals surface area contributed by atoms with Crippen LogP contribution in [-0.2, 0) is 14.6 Å². The normalized spacial score (nSPS) is 13.0. The minimum Gasteiger partial charge on any atom is -0.480 e. The van der Waals surface area contributed by atoms with E-state index in [-0.39, 0.29) is 11.3 Å². The number of benzene rings is 2. The molecule has 6 heteroatoms. The van der Waals surface area contributed by atoms with Gasteiger partial charge in [0.25, 0.3) is 0 Å². The van der Waals surface area contributed by atoms with Crippen LogP contribution in [0.1, 0.15) is 30.4 Å². The molecule has 0 radical (unpaired) electrons. The third-order valence-corrected chi connectivity index (χ3v) is 6.38. The topological polar surface area (TPSA) is 71.4 Å². The predicted octanol–water partition coefficient (Wildman–Crippen LogP) is 4.76. The number of aryl methyl sites for hydroxylation is 1. The summed E-state index contributed by atoms with van der Waals surface area (Å²) in [6.07, 6.45) is 4.93. The Morgan fingerprint density at radius 1 is 1.12 bits per heavy atom. The van der Waals surface area contributed by atoms with Crippen LogP contribution in [0.25, 0.3) is 6.08 Å². The minimum absolute atomic E-state index is 0.0483. The number of hydrogen-bond acceptors (Lipinski definition) is 3. The molecular weight excluding hydrogens is 372 g/mol. The van der Waals surface area contributed by atoms with Gasteiger partial charge in [-0.3, -0.25) is 4.79 Å². The van der Waals surface area contributed by atoms with Crippen molar-refractivity contribution >= 4 is 33.5 Å². The van der Waals surface area contributed by atoms with Gasteiger partial charge in [-0.2, -0.15) is 0 Å². The number of allylic oxidation sites excluding steroid dienone is 1. The summed E-state index contributed by atoms with van der Waals surface area (Å²) in [6, 6.07) is 13.6. The number of halogens is 1. The standard InChI is InChI=1S/C20H21ClO4S/c1-15-7-13-18(14-8-15)26(24,25)19(20(22)23)6-4-2-3-5-16-9-11-17(21)12-10-16/h3,5,7-14,19H,2,4,6H2,1H3,(H,22,23). The SMILES string of the molecule is Cc1ccc(S(=O)(=O)C(CCCC=Cc2ccc(Cl)cc2)C(=O)O)cc1. The number of sulfone groups is 1. The largest absolute Gasteiger partial charge is 0.480 e. The van der Waals surface area contributed by atoms with Crippen LogP contribution in [0.5, 0.6) is 0 Å². The van der Waals surface area contributed by atoms with Gasteiger partial charge in [-0.25, -0.2) is 8.42 Å². The highest BCUT2D eigenvalue weighted by atomic mass is 35.5. The van der Waals surface area contributed by atoms with E-state index in [2.05, 4.69) is 0 Å². The van der Waals surface area contributed by atoms with Gasteiger partial charge in [0.15, 0.2) is 15.1 Å². The summed E-state index contributed by atoms with van der Waals surface area (Å²) in [5.74, 6) is -1.31. The first-order valence-corrected chi connectivity index (χ1v) is 10.2. The molecule has 1 N–H and O–H groups in total. The fourth-order valence-electron chi connectivity index (χ4n) is 2.52. The summed E-state index contributed by atoms with van der Waals surface area (Å²) >= 11 is 5.83. The molecule has 0 spiro atoms. The fourth-order valence-corrected chi connectivity index (χ4v) is 4.23. The van der Waals surface area contributed by atoms with Crippen LogP contribution in [-0.4, -0.2) is 24.7 Å². The second-order valence-electron chi connectivity index (χ2n) is 6.07. The molecule has 4 nitrogen and oxygen atoms in total. The molecule has 2 aromatic rings. The molecule has 1 atom stereocenters. The van der Waals surface area contributed by atoms with Gasteiger partial charge in [0, 0.05) is 5.02 Å². The monoisotopic (exact) mass is 392 g/mol. The second kappa shape index (κ2) is 9.01. The zero-order chi connectivity index (χ0) is 19.2. The lowest BCUT2D eigenvalue weighted by Crippen LogP contribution is -2.30. The number of rotatable bonds is 8. The molecule has 0 aliphatic heterocycles. The van der Waals surface area contributed by atoms with Gasteiger partial charge < -0.3 is 5.11 Å². The highest BCUT2D eigenvalue weighted by Crippen LogP contribution is 2.21. The van der Waals surface area contributed by atoms with Crippen molar-refractivity contribution < 1.29 is 18.3 Å². The molecule has 1 unspecified atom stereocenters. The average molecular weight is 393 g/mol. The van der Waals surface area contributed by atoms with Crippen LogP contribution in [0, 0.1) is 6.92 Å². The number of carboxylic acids is 1. The first-order chi connectivity index (χ1) is 12.3. The van der Waals surface area contributed by atoms with Crippen molar-refractivity contribution in [1.82, 2.24) is 0 Å². The quantitative estimate of drug-likeness (QED) is 0.657. The summed E-state index contributed by atoms with van der Waals surface area (Å²) in [5.41, 5.74) is 1.90. The first kappa shape index (κ1) is 20.2. The van der Waals surface area contributed by atoms with E-state index in [0.29, 0.717) is 17.9 Å². The molecule has 0 heterocycles. The number of carbonyl (C=O) groups is 1. The Balaban J connectivity index is 1.98. The van der Waals surface area contributed by atoms with Crippen molar-refractivity contribution in [2.45, 2.75) is 36.3 Å². The summed E-state index contributed by atoms with van der Waals surface area (Å²) in [7, 11) is -3.90. The summed E-state index contributed by atoms with van der Waals surface area (Å²) in [4.78, 5) is 11.5. The fraction of sp³-hybridized carbons (Fsp3) is 0.250. The molecule has 2 rings (SSSR count). The van der Waals surface area contributed by atoms with Crippen molar-refractivity contribution in [2.24, 2.45) is 0 Å². The lowest BCUT2D eigenvalue weighted by atomic mass is 10.1. The van der Waals surface area contributed by atoms with Crippen molar-refractivity contribution in [2.75, 3.05) is 0 Å². The highest BCUT2D eigenvalue weighted by molar-refractivity contribution is 7.92. The Morgan fingerprint density at radius 3 is 2.31 bits per heavy atom. The minimum atomic E-state index is -3.90. The zero-order valence-corrected chi connectivity index (χ0v) is 16.0. The van der Waals surface area contributed by atoms with Gasteiger partial charge in [-0.05, 0) is 56.0 Å². The molecule has 0 aromatic heterocycles. The Bertz CT molecular complexity index is 869. The molecule has 0 bridgehead atoms. The van der Waals surface area contributed by atoms with Gasteiger partial charge in [-0.1, -0.05) is 53.6 Å². The number of carboxylic acid groups (broad SMARTS) is 1. The number of unbranched alkanes of at least 4 members (excludes halogenated alkanes) is 1. The summed E-state index contributed by atoms with van der Waals surface area (Å²) in [5, 5.41) is 8.60. The lowest BCUT2D eigenvalue weighted by Gasteiger charge is -2.13. The van der Waals surface area contributed by atoms with E-state index >= 15 is 0 Å². The molecule has 2 aromatic carbocycles. The molecule has 0 aliphatic rings. The van der Waals surface area contributed by atoms with Gasteiger partial charge in [0.1, 0.15) is 0 Å². The highest BCUT2D eigenvalue weighted by Gasteiger charge is 2.33. The van der Waals surface area contributed by atoms with Gasteiger partial charge in [0.05, 0.1) is 4.90 Å². The first-order valence-electron chi connectivity index (χ1n) is 8.26. The summed E-state index contributed by atoms with van der Waals surface area (Å²) < 4.78 is 25.2. The molecule has 138 valence electrons. The van der Waals surface area contributed by atoms with Crippen molar-refractivity contribution in [3.63, 3.8) is 0 Å². The van der Waals surface area contributed by atoms with E-state index in [1.54, 1.807) is 24.3 Å². The maximum absolute atomic E-state index is 12.6. The van der Waals surface area contributed by atoms with E-state index in [4.69, 9.17) is 11.6 Å². The van der Waals surface area contributed by atoms with E-state index in [1.807, 2.05) is 31.2 Å². The molecule has 0 saturated heterocycles. The van der Waals surface area contributed by atoms with Crippen LogP contribution in [0.3, 0.4) is 0 Å². The van der Waals surface area contributed by atoms with Crippen LogP contribution in [0.15, 0.2) is 59.5 Å². The lowest BCUT2D eigenvalue weighted by molar-refractivity contribution is -0.136. The third kappa shape index (κ3) is 5.44. The van der Waals surface area contributed by atoms with Crippen molar-refractivity contribution in [3.8, 4) is 0 Å². The van der Waals surface area contributed by atoms with Crippen LogP contribution in [0.4, 0.5) is 0 Å². The maximum Gasteiger partial charge on any atom is 0.322 e. The van der Waals surface area contributed by atoms with Crippen LogP contribution in [0.2, 0.25) is 5.02 Å². The van der Waals surface area contributed by atoms with Crippen LogP contribution >= 0.6 is 11.6 Å². The predicted molar refractivity (Wildman–Crippen MR) is 104 cm³/mol. The van der Waals surface area contributed by atoms with E-state index < -0.39 is 21.1 Å². The molecule has 0 aliphatic carbocycles. The molecule has 0 fully saturated rings. The van der Waals surface area contributed by atoms with Crippen molar-refractivity contribution in [1.29, 1.82) is 0 Å². The molecule has 0 saturated carbocycles. The van der Waals surface area contributed by atoms with Gasteiger partial charge in [0.2, 0.25) is 0 Å². The Kier molecular flexibility index (Phi) is 7.00. The summed E-state index contributed by atoms with van der Waals surface area (Å²) in [6.45, 7) is 1.85. The van der Waals surface area contributed by atoms with Gasteiger partial charge in [-0.15, -0.1) is 0 Å². The van der Waals surface area contributed by atoms with E-state index in [1.165, 1.54) is 12.1 Å². The Hall–Kier alpha value is -2.11. The number of hydrogen-bond donors (Lipinski definition) is 1. The Labute approximate surface area is 159 Å². The van der Waals surface area contributed by atoms with Crippen LogP contribution < -0.4 is 0 Å². The molecule has 26 heavy (non-hydrogen) atoms. The Morgan fingerprint density at radius 2 is 1.73 bits per heavy atom. The van der Waals surface area contributed by atoms with E-state index in [0.717, 1.165) is 11.1 Å². The molecule has 0 amide bonds. The van der Waals surface area contributed by atoms with Gasteiger partial charge >= 0.3 is 5.97 Å². The number of aliphatic carboxylic acids is 1. The van der Waals surface area contributed by atoms with E-state index in [9.17, 15) is 18.3 Å². The molecular formula is C20H21ClO4S. The average Bonchev–Trinajstić information content (AvgIpc) is 2.59. The maximum atomic E-state index is 12.6. The third-order valence-electron chi connectivity index (χ3n) is 4.02. The zero-order valence-electron chi connectivity index (χ0n) is 14.4. The smallest absolute Gasteiger partial charge is 0.322 e. The second-order valence-corrected chi connectivity index (χ2v) is 8.64. The van der Waals surface area contributed by atoms with Crippen molar-refractivity contribution in [3.05, 3.63) is 70.8 Å².